The van der Waals surface area contributed by atoms with Crippen molar-refractivity contribution < 1.29 is 83.5 Å². The van der Waals surface area contributed by atoms with Crippen molar-refractivity contribution in [2.45, 2.75) is 79.9 Å². The van der Waals surface area contributed by atoms with Gasteiger partial charge < -0.3 is 78.7 Å². The van der Waals surface area contributed by atoms with E-state index in [2.05, 4.69) is 0 Å². The molecule has 2 aromatic rings. The molecule has 0 unspecified atom stereocenters. The second kappa shape index (κ2) is 15.9. The molecule has 3 aliphatic rings. The number of methoxy groups -OCH3 is 3. The highest BCUT2D eigenvalue weighted by Crippen LogP contribution is 2.38. The molecule has 3 aliphatic heterocycles. The minimum Gasteiger partial charge on any atom is -0.493 e. The molecule has 2 aromatic carbocycles. The zero-order valence-electron chi connectivity index (χ0n) is 27.6. The molecule has 8 N–H and O–H groups in total. The molecule has 0 radical (unpaired) electrons. The van der Waals surface area contributed by atoms with Crippen LogP contribution in [-0.2, 0) is 36.6 Å². The van der Waals surface area contributed by atoms with E-state index in [0.29, 0.717) is 23.5 Å². The molecule has 17 nitrogen and oxygen atoms in total. The number of hydrogen-bond donors (Lipinski definition) is 8. The predicted molar refractivity (Wildman–Crippen MR) is 166 cm³/mol. The summed E-state index contributed by atoms with van der Waals surface area (Å²) in [6, 6.07) is 9.84. The first-order chi connectivity index (χ1) is 23.8. The molecule has 0 aromatic heterocycles. The number of carbonyl (C=O) groups is 1. The van der Waals surface area contributed by atoms with Gasteiger partial charge in [0.25, 0.3) is 0 Å². The SMILES string of the molecule is COc1ccc(C[C@@H]2COC(=O)[C@@]2(O)Cc2ccc(O[C@@H]3O[C@H](CO[C@H]4O[C@@H](CO)[C@H](O)[C@H](O)[C@@H]4O)[C@@H](O)[C@H](O)[C@H]3O)c(OC)c2)cc1OC. The molecule has 5 rings (SSSR count). The van der Waals surface area contributed by atoms with Crippen LogP contribution in [0.4, 0.5) is 0 Å². The Morgan fingerprint density at radius 2 is 1.28 bits per heavy atom. The predicted octanol–water partition coefficient (Wildman–Crippen LogP) is -2.60. The average Bonchev–Trinajstić information content (AvgIpc) is 3.39. The van der Waals surface area contributed by atoms with Crippen LogP contribution >= 0.6 is 0 Å². The summed E-state index contributed by atoms with van der Waals surface area (Å²) in [6.45, 7) is -1.23. The van der Waals surface area contributed by atoms with Crippen LogP contribution in [0, 0.1) is 5.92 Å². The first-order valence-corrected chi connectivity index (χ1v) is 15.9. The van der Waals surface area contributed by atoms with Crippen molar-refractivity contribution in [2.24, 2.45) is 5.92 Å². The smallest absolute Gasteiger partial charge is 0.338 e. The number of aliphatic hydroxyl groups excluding tert-OH is 7. The zero-order valence-corrected chi connectivity index (χ0v) is 27.6. The highest BCUT2D eigenvalue weighted by molar-refractivity contribution is 5.82. The van der Waals surface area contributed by atoms with E-state index in [-0.39, 0.29) is 24.5 Å². The van der Waals surface area contributed by atoms with E-state index in [1.165, 1.54) is 33.5 Å². The summed E-state index contributed by atoms with van der Waals surface area (Å²) in [5, 5.41) is 83.1. The number of benzene rings is 2. The normalized spacial score (nSPS) is 35.7. The fourth-order valence-electron chi connectivity index (χ4n) is 6.24. The van der Waals surface area contributed by atoms with Gasteiger partial charge in [-0.05, 0) is 41.8 Å². The third kappa shape index (κ3) is 7.63. The Morgan fingerprint density at radius 1 is 0.720 bits per heavy atom. The first kappa shape index (κ1) is 37.9. The minimum atomic E-state index is -1.88. The van der Waals surface area contributed by atoms with Crippen molar-refractivity contribution in [1.82, 2.24) is 0 Å². The van der Waals surface area contributed by atoms with E-state index in [4.69, 9.17) is 37.9 Å². The van der Waals surface area contributed by atoms with Gasteiger partial charge in [-0.25, -0.2) is 4.79 Å². The number of cyclic esters (lactones) is 1. The molecule has 3 heterocycles. The standard InChI is InChI=1S/C33H44O17/c1-43-18-6-4-15(9-20(18)44-2)8-17-13-47-32(41)33(17,42)11-16-5-7-19(21(10-16)45-3)48-31-29(40)27(38)25(36)23(50-31)14-46-30-28(39)26(37)24(35)22(12-34)49-30/h4-7,9-10,17,22-31,34-40,42H,8,11-14H2,1-3H3/t17-,22+,23-,24+,25-,26+,27+,28+,29-,30+,31-,33-/m1/s1. The Hall–Kier alpha value is -3.33. The molecule has 3 saturated heterocycles. The van der Waals surface area contributed by atoms with Crippen molar-refractivity contribution in [1.29, 1.82) is 0 Å². The van der Waals surface area contributed by atoms with Crippen LogP contribution in [0.3, 0.4) is 0 Å². The van der Waals surface area contributed by atoms with Crippen LogP contribution in [0.5, 0.6) is 23.0 Å². The number of ether oxygens (including phenoxy) is 8. The van der Waals surface area contributed by atoms with Gasteiger partial charge in [0.1, 0.15) is 48.8 Å². The molecule has 50 heavy (non-hydrogen) atoms. The van der Waals surface area contributed by atoms with Crippen molar-refractivity contribution in [3.8, 4) is 23.0 Å². The molecule has 17 heteroatoms. The van der Waals surface area contributed by atoms with Gasteiger partial charge in [0.2, 0.25) is 6.29 Å². The van der Waals surface area contributed by atoms with Crippen LogP contribution in [0.25, 0.3) is 0 Å². The van der Waals surface area contributed by atoms with Crippen LogP contribution in [0.15, 0.2) is 36.4 Å². The van der Waals surface area contributed by atoms with Gasteiger partial charge in [-0.15, -0.1) is 0 Å². The largest absolute Gasteiger partial charge is 0.493 e. The lowest BCUT2D eigenvalue weighted by molar-refractivity contribution is -0.323. The van der Waals surface area contributed by atoms with Gasteiger partial charge in [-0.3, -0.25) is 0 Å². The molecule has 3 fully saturated rings. The van der Waals surface area contributed by atoms with Crippen molar-refractivity contribution in [3.05, 3.63) is 47.5 Å². The molecule has 0 saturated carbocycles. The maximum absolute atomic E-state index is 12.8. The second-order valence-corrected chi connectivity index (χ2v) is 12.4. The average molecular weight is 713 g/mol. The molecule has 0 aliphatic carbocycles. The fourth-order valence-corrected chi connectivity index (χ4v) is 6.24. The number of carbonyl (C=O) groups excluding carboxylic acids is 1. The summed E-state index contributed by atoms with van der Waals surface area (Å²) >= 11 is 0. The highest BCUT2D eigenvalue weighted by Gasteiger charge is 2.51. The number of aliphatic hydroxyl groups is 8. The topological polar surface area (TPSA) is 253 Å². The third-order valence-corrected chi connectivity index (χ3v) is 9.26. The van der Waals surface area contributed by atoms with Crippen LogP contribution < -0.4 is 18.9 Å². The Morgan fingerprint density at radius 3 is 1.94 bits per heavy atom. The van der Waals surface area contributed by atoms with E-state index in [1.54, 1.807) is 18.2 Å². The Labute approximate surface area is 287 Å². The van der Waals surface area contributed by atoms with Crippen LogP contribution in [-0.4, -0.2) is 155 Å². The quantitative estimate of drug-likeness (QED) is 0.0992. The van der Waals surface area contributed by atoms with Gasteiger partial charge in [0.15, 0.2) is 34.9 Å². The van der Waals surface area contributed by atoms with Crippen molar-refractivity contribution >= 4 is 5.97 Å². The summed E-state index contributed by atoms with van der Waals surface area (Å²) in [4.78, 5) is 12.8. The van der Waals surface area contributed by atoms with E-state index in [0.717, 1.165) is 5.56 Å². The van der Waals surface area contributed by atoms with E-state index < -0.39 is 92.1 Å². The second-order valence-electron chi connectivity index (χ2n) is 12.4. The Kier molecular flexibility index (Phi) is 12.1. The van der Waals surface area contributed by atoms with Crippen LogP contribution in [0.2, 0.25) is 0 Å². The molecule has 0 spiro atoms. The Bertz CT molecular complexity index is 1460. The molecule has 12 atom stereocenters. The fraction of sp³-hybridized carbons (Fsp3) is 0.606. The maximum atomic E-state index is 12.8. The van der Waals surface area contributed by atoms with Gasteiger partial charge in [0, 0.05) is 12.3 Å². The summed E-state index contributed by atoms with van der Waals surface area (Å²) in [5.74, 6) is -0.171. The maximum Gasteiger partial charge on any atom is 0.338 e. The monoisotopic (exact) mass is 712 g/mol. The van der Waals surface area contributed by atoms with Gasteiger partial charge >= 0.3 is 5.97 Å². The lowest BCUT2D eigenvalue weighted by Gasteiger charge is -2.42. The lowest BCUT2D eigenvalue weighted by atomic mass is 9.81. The number of hydrogen-bond acceptors (Lipinski definition) is 17. The summed E-state index contributed by atoms with van der Waals surface area (Å²) in [7, 11) is 4.37. The summed E-state index contributed by atoms with van der Waals surface area (Å²) in [5.41, 5.74) is -0.599. The highest BCUT2D eigenvalue weighted by atomic mass is 16.7. The van der Waals surface area contributed by atoms with Gasteiger partial charge in [0.05, 0.1) is 41.2 Å². The first-order valence-electron chi connectivity index (χ1n) is 15.9. The van der Waals surface area contributed by atoms with Crippen molar-refractivity contribution in [3.63, 3.8) is 0 Å². The van der Waals surface area contributed by atoms with Crippen LogP contribution in [0.1, 0.15) is 11.1 Å². The zero-order chi connectivity index (χ0) is 36.3. The molecule has 0 amide bonds. The molecule has 278 valence electrons. The molecule has 0 bridgehead atoms. The lowest BCUT2D eigenvalue weighted by Crippen LogP contribution is -2.62. The van der Waals surface area contributed by atoms with E-state index in [1.807, 2.05) is 6.07 Å². The minimum absolute atomic E-state index is 0.00560. The third-order valence-electron chi connectivity index (χ3n) is 9.26. The van der Waals surface area contributed by atoms with E-state index >= 15 is 0 Å². The molecular weight excluding hydrogens is 668 g/mol. The Balaban J connectivity index is 1.27. The summed E-state index contributed by atoms with van der Waals surface area (Å²) in [6.07, 6.45) is -15.8. The van der Waals surface area contributed by atoms with E-state index in [9.17, 15) is 45.6 Å². The summed E-state index contributed by atoms with van der Waals surface area (Å²) < 4.78 is 43.7. The number of esters is 1. The van der Waals surface area contributed by atoms with Crippen molar-refractivity contribution in [2.75, 3.05) is 41.2 Å². The number of rotatable bonds is 13. The van der Waals surface area contributed by atoms with Gasteiger partial charge in [-0.1, -0.05) is 12.1 Å². The molecular formula is C33H44O17. The van der Waals surface area contributed by atoms with Gasteiger partial charge in [-0.2, -0.15) is 0 Å².